The maximum absolute atomic E-state index is 12.0. The fourth-order valence-corrected chi connectivity index (χ4v) is 2.46. The van der Waals surface area contributed by atoms with Crippen LogP contribution in [0.1, 0.15) is 63.0 Å². The highest BCUT2D eigenvalue weighted by Gasteiger charge is 2.27. The molecule has 0 fully saturated rings. The maximum Gasteiger partial charge on any atom is 0.172 e. The van der Waals surface area contributed by atoms with Gasteiger partial charge in [0, 0.05) is 16.7 Å². The van der Waals surface area contributed by atoms with Crippen molar-refractivity contribution in [3.05, 3.63) is 28.8 Å². The van der Waals surface area contributed by atoms with Gasteiger partial charge in [0.1, 0.15) is 5.75 Å². The minimum absolute atomic E-state index is 0.108. The fraction of sp³-hybridized carbons (Fsp3) is 0.562. The molecule has 2 nitrogen and oxygen atoms in total. The summed E-state index contributed by atoms with van der Waals surface area (Å²) in [5, 5.41) is 10.5. The van der Waals surface area contributed by atoms with Crippen molar-refractivity contribution in [2.75, 3.05) is 4.43 Å². The van der Waals surface area contributed by atoms with E-state index in [9.17, 15) is 9.90 Å². The lowest BCUT2D eigenvalue weighted by atomic mass is 9.78. The molecule has 0 amide bonds. The smallest absolute Gasteiger partial charge is 0.172 e. The van der Waals surface area contributed by atoms with Crippen molar-refractivity contribution in [3.8, 4) is 5.75 Å². The zero-order chi connectivity index (χ0) is 15.0. The van der Waals surface area contributed by atoms with E-state index in [4.69, 9.17) is 0 Å². The summed E-state index contributed by atoms with van der Waals surface area (Å²) < 4.78 is 0.454. The second-order valence-electron chi connectivity index (χ2n) is 6.98. The molecular formula is C16H23IO2. The summed E-state index contributed by atoms with van der Waals surface area (Å²) in [6.45, 7) is 12.3. The van der Waals surface area contributed by atoms with Gasteiger partial charge < -0.3 is 5.11 Å². The number of benzene rings is 1. The van der Waals surface area contributed by atoms with Gasteiger partial charge in [0.05, 0.1) is 4.43 Å². The van der Waals surface area contributed by atoms with E-state index >= 15 is 0 Å². The molecule has 1 aromatic carbocycles. The highest BCUT2D eigenvalue weighted by atomic mass is 127. The number of carbonyl (C=O) groups excluding carboxylic acids is 1. The summed E-state index contributed by atoms with van der Waals surface area (Å²) in [5.41, 5.74) is 2.00. The minimum atomic E-state index is -0.189. The molecule has 1 rings (SSSR count). The summed E-state index contributed by atoms with van der Waals surface area (Å²) in [7, 11) is 0. The van der Waals surface area contributed by atoms with Crippen LogP contribution in [-0.2, 0) is 10.8 Å². The zero-order valence-electron chi connectivity index (χ0n) is 12.6. The average molecular weight is 374 g/mol. The molecule has 0 bridgehead atoms. The van der Waals surface area contributed by atoms with Crippen molar-refractivity contribution in [2.24, 2.45) is 0 Å². The van der Waals surface area contributed by atoms with Crippen LogP contribution < -0.4 is 0 Å². The van der Waals surface area contributed by atoms with Crippen molar-refractivity contribution in [1.29, 1.82) is 0 Å². The van der Waals surface area contributed by atoms with Crippen LogP contribution in [0, 0.1) is 0 Å². The lowest BCUT2D eigenvalue weighted by Gasteiger charge is -2.28. The molecule has 0 radical (unpaired) electrons. The third-order valence-corrected chi connectivity index (χ3v) is 3.86. The largest absolute Gasteiger partial charge is 0.507 e. The Hall–Kier alpha value is -0.580. The quantitative estimate of drug-likeness (QED) is 0.467. The number of aromatic hydroxyl groups is 1. The molecule has 19 heavy (non-hydrogen) atoms. The Morgan fingerprint density at radius 1 is 1.05 bits per heavy atom. The minimum Gasteiger partial charge on any atom is -0.507 e. The van der Waals surface area contributed by atoms with Crippen molar-refractivity contribution in [2.45, 2.75) is 52.4 Å². The van der Waals surface area contributed by atoms with Crippen molar-refractivity contribution < 1.29 is 9.90 Å². The van der Waals surface area contributed by atoms with Gasteiger partial charge in [0.25, 0.3) is 0 Å². The second kappa shape index (κ2) is 5.43. The van der Waals surface area contributed by atoms with Gasteiger partial charge in [0.15, 0.2) is 5.78 Å². The van der Waals surface area contributed by atoms with Gasteiger partial charge in [-0.15, -0.1) is 0 Å². The van der Waals surface area contributed by atoms with E-state index in [-0.39, 0.29) is 16.6 Å². The summed E-state index contributed by atoms with van der Waals surface area (Å²) in [4.78, 5) is 12.0. The predicted octanol–water partition coefficient (Wildman–Crippen LogP) is 4.60. The van der Waals surface area contributed by atoms with E-state index in [0.29, 0.717) is 15.7 Å². The first-order valence-electron chi connectivity index (χ1n) is 6.45. The van der Waals surface area contributed by atoms with Crippen LogP contribution in [0.2, 0.25) is 0 Å². The number of phenolic OH excluding ortho intramolecular Hbond substituents is 1. The van der Waals surface area contributed by atoms with Crippen LogP contribution in [0.25, 0.3) is 0 Å². The molecule has 0 heterocycles. The molecule has 1 aromatic rings. The van der Waals surface area contributed by atoms with Crippen LogP contribution in [0.5, 0.6) is 5.75 Å². The van der Waals surface area contributed by atoms with Crippen molar-refractivity contribution >= 4 is 28.4 Å². The number of Topliss-reactive ketones (excluding diaryl/α,β-unsaturated/α-hetero) is 1. The lowest BCUT2D eigenvalue weighted by molar-refractivity contribution is 0.102. The average Bonchev–Trinajstić information content (AvgIpc) is 2.25. The Labute approximate surface area is 129 Å². The summed E-state index contributed by atoms with van der Waals surface area (Å²) in [5.74, 6) is 0.432. The number of hydrogen-bond donors (Lipinski definition) is 1. The van der Waals surface area contributed by atoms with E-state index in [0.717, 1.165) is 11.1 Å². The number of halogens is 1. The molecular weight excluding hydrogens is 351 g/mol. The first kappa shape index (κ1) is 16.5. The van der Waals surface area contributed by atoms with Crippen molar-refractivity contribution in [1.82, 2.24) is 0 Å². The van der Waals surface area contributed by atoms with E-state index in [1.807, 2.05) is 53.7 Å². The van der Waals surface area contributed by atoms with Gasteiger partial charge in [-0.25, -0.2) is 0 Å². The van der Waals surface area contributed by atoms with Crippen LogP contribution in [-0.4, -0.2) is 15.3 Å². The Balaban J connectivity index is 3.62. The Bertz CT molecular complexity index is 455. The monoisotopic (exact) mass is 374 g/mol. The predicted molar refractivity (Wildman–Crippen MR) is 88.7 cm³/mol. The second-order valence-corrected chi connectivity index (χ2v) is 7.74. The summed E-state index contributed by atoms with van der Waals surface area (Å²) in [6, 6.07) is 3.68. The number of alkyl halides is 1. The van der Waals surface area contributed by atoms with Gasteiger partial charge in [-0.05, 0) is 23.0 Å². The number of hydrogen-bond acceptors (Lipinski definition) is 2. The van der Waals surface area contributed by atoms with Gasteiger partial charge in [-0.3, -0.25) is 4.79 Å². The highest BCUT2D eigenvalue weighted by molar-refractivity contribution is 14.1. The molecule has 0 saturated carbocycles. The molecule has 0 atom stereocenters. The SMILES string of the molecule is CC(C)(C)c1cc(C(=O)CI)cc(C(C)(C)C)c1O. The third-order valence-electron chi connectivity index (χ3n) is 3.17. The number of phenols is 1. The Morgan fingerprint density at radius 3 is 1.68 bits per heavy atom. The fourth-order valence-electron chi connectivity index (χ4n) is 2.02. The van der Waals surface area contributed by atoms with Gasteiger partial charge >= 0.3 is 0 Å². The topological polar surface area (TPSA) is 37.3 Å². The normalized spacial score (nSPS) is 12.6. The molecule has 106 valence electrons. The molecule has 0 spiro atoms. The Morgan fingerprint density at radius 2 is 1.42 bits per heavy atom. The van der Waals surface area contributed by atoms with E-state index in [2.05, 4.69) is 22.6 Å². The van der Waals surface area contributed by atoms with Gasteiger partial charge in [0.2, 0.25) is 0 Å². The highest BCUT2D eigenvalue weighted by Crippen LogP contribution is 2.39. The summed E-state index contributed by atoms with van der Waals surface area (Å²) >= 11 is 2.08. The van der Waals surface area contributed by atoms with Gasteiger partial charge in [-0.1, -0.05) is 64.1 Å². The van der Waals surface area contributed by atoms with Gasteiger partial charge in [-0.2, -0.15) is 0 Å². The standard InChI is InChI=1S/C16H23IO2/c1-15(2,3)11-7-10(13(18)9-17)8-12(14(11)19)16(4,5)6/h7-8,19H,9H2,1-6H3. The molecule has 0 unspecified atom stereocenters. The number of rotatable bonds is 2. The van der Waals surface area contributed by atoms with Crippen LogP contribution in [0.15, 0.2) is 12.1 Å². The lowest BCUT2D eigenvalue weighted by Crippen LogP contribution is -2.19. The van der Waals surface area contributed by atoms with E-state index < -0.39 is 0 Å². The number of carbonyl (C=O) groups is 1. The zero-order valence-corrected chi connectivity index (χ0v) is 14.8. The van der Waals surface area contributed by atoms with E-state index in [1.54, 1.807) is 0 Å². The third kappa shape index (κ3) is 3.71. The Kier molecular flexibility index (Phi) is 4.71. The molecule has 0 aliphatic carbocycles. The van der Waals surface area contributed by atoms with Crippen LogP contribution >= 0.6 is 22.6 Å². The summed E-state index contributed by atoms with van der Waals surface area (Å²) in [6.07, 6.45) is 0. The molecule has 0 aliphatic heterocycles. The first-order valence-corrected chi connectivity index (χ1v) is 7.98. The van der Waals surface area contributed by atoms with Crippen molar-refractivity contribution in [3.63, 3.8) is 0 Å². The number of ketones is 1. The van der Waals surface area contributed by atoms with Crippen LogP contribution in [0.4, 0.5) is 0 Å². The molecule has 0 aromatic heterocycles. The van der Waals surface area contributed by atoms with E-state index in [1.165, 1.54) is 0 Å². The molecule has 0 aliphatic rings. The molecule has 3 heteroatoms. The van der Waals surface area contributed by atoms with Crippen LogP contribution in [0.3, 0.4) is 0 Å². The maximum atomic E-state index is 12.0. The molecule has 0 saturated heterocycles. The molecule has 1 N–H and O–H groups in total. The first-order chi connectivity index (χ1) is 8.48.